The van der Waals surface area contributed by atoms with Gasteiger partial charge in [-0.05, 0) is 38.0 Å². The van der Waals surface area contributed by atoms with Crippen molar-refractivity contribution >= 4 is 27.6 Å². The van der Waals surface area contributed by atoms with Crippen LogP contribution >= 0.6 is 11.6 Å². The Morgan fingerprint density at radius 1 is 1.42 bits per heavy atom. The van der Waals surface area contributed by atoms with E-state index in [1.807, 2.05) is 0 Å². The van der Waals surface area contributed by atoms with E-state index < -0.39 is 16.0 Å². The molecule has 9 heteroatoms. The van der Waals surface area contributed by atoms with Gasteiger partial charge in [-0.25, -0.2) is 17.9 Å². The second-order valence-corrected chi connectivity index (χ2v) is 7.64. The fourth-order valence-electron chi connectivity index (χ4n) is 2.02. The van der Waals surface area contributed by atoms with Gasteiger partial charge in [0.2, 0.25) is 10.0 Å². The van der Waals surface area contributed by atoms with Gasteiger partial charge < -0.3 is 9.26 Å². The fraction of sp³-hybridized carbons (Fsp3) is 0.333. The van der Waals surface area contributed by atoms with Crippen molar-refractivity contribution in [3.8, 4) is 0 Å². The number of ether oxygens (including phenoxy) is 1. The molecule has 3 rings (SSSR count). The van der Waals surface area contributed by atoms with Gasteiger partial charge in [-0.1, -0.05) is 16.8 Å². The molecule has 1 aromatic heterocycles. The molecule has 0 unspecified atom stereocenters. The molecule has 0 aliphatic heterocycles. The Morgan fingerprint density at radius 2 is 2.17 bits per heavy atom. The zero-order valence-corrected chi connectivity index (χ0v) is 14.4. The number of esters is 1. The van der Waals surface area contributed by atoms with E-state index in [2.05, 4.69) is 9.88 Å². The first-order valence-electron chi connectivity index (χ1n) is 7.26. The molecule has 24 heavy (non-hydrogen) atoms. The number of aromatic nitrogens is 1. The highest BCUT2D eigenvalue weighted by Crippen LogP contribution is 2.27. The second kappa shape index (κ2) is 6.54. The molecule has 0 amide bonds. The predicted molar refractivity (Wildman–Crippen MR) is 85.2 cm³/mol. The maximum Gasteiger partial charge on any atom is 0.338 e. The monoisotopic (exact) mass is 370 g/mol. The van der Waals surface area contributed by atoms with Crippen molar-refractivity contribution in [1.82, 2.24) is 9.88 Å². The molecule has 2 aromatic rings. The first-order valence-corrected chi connectivity index (χ1v) is 9.12. The molecule has 1 fully saturated rings. The van der Waals surface area contributed by atoms with E-state index in [1.54, 1.807) is 13.0 Å². The van der Waals surface area contributed by atoms with Crippen molar-refractivity contribution in [2.45, 2.75) is 37.3 Å². The lowest BCUT2D eigenvalue weighted by atomic mass is 10.2. The predicted octanol–water partition coefficient (Wildman–Crippen LogP) is 2.43. The molecule has 0 spiro atoms. The van der Waals surface area contributed by atoms with E-state index in [0.717, 1.165) is 12.8 Å². The van der Waals surface area contributed by atoms with Crippen molar-refractivity contribution in [3.63, 3.8) is 0 Å². The average Bonchev–Trinajstić information content (AvgIpc) is 3.23. The van der Waals surface area contributed by atoms with Crippen molar-refractivity contribution < 1.29 is 22.5 Å². The zero-order chi connectivity index (χ0) is 17.3. The quantitative estimate of drug-likeness (QED) is 0.784. The molecule has 0 atom stereocenters. The molecule has 0 radical (unpaired) electrons. The standard InChI is InChI=1S/C15H15ClN2O5S/c1-9-6-12(23-17-9)8-22-15(19)10-2-5-13(16)14(7-10)24(20,21)18-11-3-4-11/h2,5-7,11,18H,3-4,8H2,1H3. The van der Waals surface area contributed by atoms with Crippen molar-refractivity contribution in [1.29, 1.82) is 0 Å². The van der Waals surface area contributed by atoms with E-state index in [-0.39, 0.29) is 28.1 Å². The SMILES string of the molecule is Cc1cc(COC(=O)c2ccc(Cl)c(S(=O)(=O)NC3CC3)c2)on1. The first kappa shape index (κ1) is 16.9. The lowest BCUT2D eigenvalue weighted by Gasteiger charge is -2.09. The molecule has 1 aliphatic rings. The van der Waals surface area contributed by atoms with Crippen LogP contribution in [0.5, 0.6) is 0 Å². The molecule has 1 aliphatic carbocycles. The van der Waals surface area contributed by atoms with Crippen LogP contribution in [0.15, 0.2) is 33.7 Å². The van der Waals surface area contributed by atoms with Gasteiger partial charge in [-0.3, -0.25) is 0 Å². The number of rotatable bonds is 6. The third-order valence-corrected chi connectivity index (χ3v) is 5.38. The Kier molecular flexibility index (Phi) is 4.62. The van der Waals surface area contributed by atoms with E-state index in [9.17, 15) is 13.2 Å². The largest absolute Gasteiger partial charge is 0.454 e. The van der Waals surface area contributed by atoms with E-state index >= 15 is 0 Å². The number of carbonyl (C=O) groups is 1. The minimum absolute atomic E-state index is 0.0468. The topological polar surface area (TPSA) is 98.5 Å². The van der Waals surface area contributed by atoms with Crippen molar-refractivity contribution in [2.24, 2.45) is 0 Å². The molecule has 0 bridgehead atoms. The normalized spacial score (nSPS) is 14.6. The van der Waals surface area contributed by atoms with Crippen LogP contribution in [0, 0.1) is 6.92 Å². The lowest BCUT2D eigenvalue weighted by Crippen LogP contribution is -2.26. The van der Waals surface area contributed by atoms with Crippen LogP contribution in [0.4, 0.5) is 0 Å². The van der Waals surface area contributed by atoms with E-state index in [0.29, 0.717) is 11.5 Å². The maximum atomic E-state index is 12.3. The highest BCUT2D eigenvalue weighted by atomic mass is 35.5. The van der Waals surface area contributed by atoms with Crippen LogP contribution in [0.2, 0.25) is 5.02 Å². The summed E-state index contributed by atoms with van der Waals surface area (Å²) >= 11 is 5.97. The highest BCUT2D eigenvalue weighted by Gasteiger charge is 2.29. The van der Waals surface area contributed by atoms with Crippen LogP contribution < -0.4 is 4.72 Å². The van der Waals surface area contributed by atoms with Crippen LogP contribution in [-0.4, -0.2) is 25.6 Å². The summed E-state index contributed by atoms with van der Waals surface area (Å²) < 4.78 is 37.1. The van der Waals surface area contributed by atoms with Gasteiger partial charge in [0, 0.05) is 12.1 Å². The number of nitrogens with zero attached hydrogens (tertiary/aromatic N) is 1. The summed E-state index contributed by atoms with van der Waals surface area (Å²) in [7, 11) is -3.77. The molecule has 128 valence electrons. The Labute approximate surface area is 144 Å². The molecule has 1 heterocycles. The lowest BCUT2D eigenvalue weighted by molar-refractivity contribution is 0.0437. The number of aryl methyl sites for hydroxylation is 1. The minimum atomic E-state index is -3.77. The molecular weight excluding hydrogens is 356 g/mol. The number of sulfonamides is 1. The summed E-state index contributed by atoms with van der Waals surface area (Å²) in [4.78, 5) is 12.0. The summed E-state index contributed by atoms with van der Waals surface area (Å²) in [5.74, 6) is -0.276. The van der Waals surface area contributed by atoms with Crippen LogP contribution in [0.1, 0.15) is 34.7 Å². The van der Waals surface area contributed by atoms with Crippen LogP contribution in [0.3, 0.4) is 0 Å². The summed E-state index contributed by atoms with van der Waals surface area (Å²) in [6.07, 6.45) is 1.60. The van der Waals surface area contributed by atoms with Gasteiger partial charge in [0.1, 0.15) is 4.90 Å². The molecule has 1 N–H and O–H groups in total. The average molecular weight is 371 g/mol. The fourth-order valence-corrected chi connectivity index (χ4v) is 3.86. The summed E-state index contributed by atoms with van der Waals surface area (Å²) in [5.41, 5.74) is 0.763. The van der Waals surface area contributed by atoms with Gasteiger partial charge in [0.25, 0.3) is 0 Å². The zero-order valence-electron chi connectivity index (χ0n) is 12.8. The van der Waals surface area contributed by atoms with Crippen LogP contribution in [-0.2, 0) is 21.4 Å². The summed E-state index contributed by atoms with van der Waals surface area (Å²) in [5, 5.41) is 3.73. The molecule has 0 saturated heterocycles. The molecule has 7 nitrogen and oxygen atoms in total. The first-order chi connectivity index (χ1) is 11.3. The maximum absolute atomic E-state index is 12.3. The number of benzene rings is 1. The van der Waals surface area contributed by atoms with Crippen molar-refractivity contribution in [3.05, 3.63) is 46.3 Å². The number of hydrogen-bond donors (Lipinski definition) is 1. The Hall–Kier alpha value is -1.90. The second-order valence-electron chi connectivity index (χ2n) is 5.55. The molecule has 1 aromatic carbocycles. The smallest absolute Gasteiger partial charge is 0.338 e. The Bertz CT molecular complexity index is 874. The van der Waals surface area contributed by atoms with Gasteiger partial charge >= 0.3 is 5.97 Å². The van der Waals surface area contributed by atoms with E-state index in [4.69, 9.17) is 20.9 Å². The van der Waals surface area contributed by atoms with Gasteiger partial charge in [0.05, 0.1) is 16.3 Å². The Balaban J connectivity index is 1.75. The van der Waals surface area contributed by atoms with Crippen molar-refractivity contribution in [2.75, 3.05) is 0 Å². The van der Waals surface area contributed by atoms with E-state index in [1.165, 1.54) is 18.2 Å². The molecule has 1 saturated carbocycles. The number of halogens is 1. The van der Waals surface area contributed by atoms with Crippen LogP contribution in [0.25, 0.3) is 0 Å². The third-order valence-electron chi connectivity index (χ3n) is 3.38. The summed E-state index contributed by atoms with van der Waals surface area (Å²) in [6, 6.07) is 5.56. The number of nitrogens with one attached hydrogen (secondary N) is 1. The van der Waals surface area contributed by atoms with Gasteiger partial charge in [-0.2, -0.15) is 0 Å². The van der Waals surface area contributed by atoms with Gasteiger partial charge in [-0.15, -0.1) is 0 Å². The number of carbonyl (C=O) groups excluding carboxylic acids is 1. The van der Waals surface area contributed by atoms with Gasteiger partial charge in [0.15, 0.2) is 12.4 Å². The summed E-state index contributed by atoms with van der Waals surface area (Å²) in [6.45, 7) is 1.66. The highest BCUT2D eigenvalue weighted by molar-refractivity contribution is 7.89. The third kappa shape index (κ3) is 3.95. The molecular formula is C15H15ClN2O5S. The number of hydrogen-bond acceptors (Lipinski definition) is 6. The Morgan fingerprint density at radius 3 is 2.79 bits per heavy atom. The minimum Gasteiger partial charge on any atom is -0.454 e.